The summed E-state index contributed by atoms with van der Waals surface area (Å²) < 4.78 is 0. The molecule has 0 spiro atoms. The molecule has 2 nitrogen and oxygen atoms in total. The van der Waals surface area contributed by atoms with Gasteiger partial charge in [-0.1, -0.05) is 24.3 Å². The first-order valence-corrected chi connectivity index (χ1v) is 6.19. The number of rotatable bonds is 4. The molecule has 0 aliphatic rings. The van der Waals surface area contributed by atoms with E-state index >= 15 is 0 Å². The fourth-order valence-corrected chi connectivity index (χ4v) is 2.17. The van der Waals surface area contributed by atoms with Crippen LogP contribution in [0.5, 0.6) is 0 Å². The van der Waals surface area contributed by atoms with Crippen molar-refractivity contribution in [3.05, 3.63) is 59.9 Å². The number of benzene rings is 1. The van der Waals surface area contributed by atoms with Gasteiger partial charge in [-0.25, -0.2) is 0 Å². The number of nitrogens with two attached hydrogens (primary N) is 1. The average molecular weight is 230 g/mol. The maximum Gasteiger partial charge on any atom is 0.0506 e. The molecule has 16 heavy (non-hydrogen) atoms. The van der Waals surface area contributed by atoms with Crippen LogP contribution in [0.4, 0.5) is 0 Å². The maximum atomic E-state index is 5.52. The lowest BCUT2D eigenvalue weighted by Gasteiger charge is -2.02. The molecular formula is C13H14N2S. The van der Waals surface area contributed by atoms with Crippen LogP contribution in [0, 0.1) is 0 Å². The zero-order chi connectivity index (χ0) is 11.2. The lowest BCUT2D eigenvalue weighted by molar-refractivity contribution is 1.03. The summed E-state index contributed by atoms with van der Waals surface area (Å²) in [5.74, 6) is 0.898. The summed E-state index contributed by atoms with van der Waals surface area (Å²) in [5.41, 5.74) is 7.69. The van der Waals surface area contributed by atoms with Gasteiger partial charge in [0.15, 0.2) is 0 Å². The highest BCUT2D eigenvalue weighted by molar-refractivity contribution is 7.98. The number of aromatic nitrogens is 1. The molecule has 0 saturated heterocycles. The van der Waals surface area contributed by atoms with E-state index in [1.807, 2.05) is 36.5 Å². The van der Waals surface area contributed by atoms with E-state index in [1.54, 1.807) is 11.8 Å². The van der Waals surface area contributed by atoms with Crippen LogP contribution in [0.1, 0.15) is 11.3 Å². The molecule has 0 bridgehead atoms. The molecule has 2 rings (SSSR count). The van der Waals surface area contributed by atoms with E-state index in [0.29, 0.717) is 6.54 Å². The highest BCUT2D eigenvalue weighted by Gasteiger charge is 1.97. The van der Waals surface area contributed by atoms with Crippen LogP contribution in [0.3, 0.4) is 0 Å². The molecule has 0 amide bonds. The van der Waals surface area contributed by atoms with Gasteiger partial charge in [-0.2, -0.15) is 0 Å². The van der Waals surface area contributed by atoms with Gasteiger partial charge in [-0.15, -0.1) is 11.8 Å². The second-order valence-electron chi connectivity index (χ2n) is 3.46. The van der Waals surface area contributed by atoms with Crippen molar-refractivity contribution >= 4 is 11.8 Å². The fraction of sp³-hybridized carbons (Fsp3) is 0.154. The monoisotopic (exact) mass is 230 g/mol. The van der Waals surface area contributed by atoms with Gasteiger partial charge in [0.05, 0.1) is 5.69 Å². The van der Waals surface area contributed by atoms with Gasteiger partial charge >= 0.3 is 0 Å². The molecule has 1 aromatic carbocycles. The number of hydrogen-bond acceptors (Lipinski definition) is 3. The van der Waals surface area contributed by atoms with E-state index in [-0.39, 0.29) is 0 Å². The van der Waals surface area contributed by atoms with Crippen LogP contribution in [0.15, 0.2) is 53.6 Å². The van der Waals surface area contributed by atoms with Gasteiger partial charge in [0, 0.05) is 23.4 Å². The Morgan fingerprint density at radius 3 is 2.50 bits per heavy atom. The van der Waals surface area contributed by atoms with E-state index in [4.69, 9.17) is 5.73 Å². The van der Waals surface area contributed by atoms with Crippen LogP contribution in [0.2, 0.25) is 0 Å². The van der Waals surface area contributed by atoms with E-state index < -0.39 is 0 Å². The zero-order valence-electron chi connectivity index (χ0n) is 8.97. The second kappa shape index (κ2) is 5.68. The summed E-state index contributed by atoms with van der Waals surface area (Å²) in [4.78, 5) is 5.63. The minimum absolute atomic E-state index is 0.555. The predicted octanol–water partition coefficient (Wildman–Crippen LogP) is 2.83. The second-order valence-corrected chi connectivity index (χ2v) is 4.51. The van der Waals surface area contributed by atoms with Crippen molar-refractivity contribution < 1.29 is 0 Å². The number of hydrogen-bond donors (Lipinski definition) is 1. The summed E-state index contributed by atoms with van der Waals surface area (Å²) in [6.45, 7) is 0.555. The summed E-state index contributed by atoms with van der Waals surface area (Å²) in [5, 5.41) is 0. The molecule has 2 N–H and O–H groups in total. The van der Waals surface area contributed by atoms with E-state index in [2.05, 4.69) is 17.1 Å². The highest BCUT2D eigenvalue weighted by atomic mass is 32.2. The molecule has 0 aliphatic carbocycles. The summed E-state index contributed by atoms with van der Waals surface area (Å²) >= 11 is 1.79. The average Bonchev–Trinajstić information content (AvgIpc) is 2.38. The van der Waals surface area contributed by atoms with E-state index in [9.17, 15) is 0 Å². The minimum Gasteiger partial charge on any atom is -0.326 e. The Hall–Kier alpha value is -1.32. The Kier molecular flexibility index (Phi) is 3.97. The van der Waals surface area contributed by atoms with Crippen LogP contribution in [-0.2, 0) is 12.3 Å². The van der Waals surface area contributed by atoms with Gasteiger partial charge in [0.2, 0.25) is 0 Å². The van der Waals surface area contributed by atoms with Crippen molar-refractivity contribution in [1.29, 1.82) is 0 Å². The molecule has 1 heterocycles. The minimum atomic E-state index is 0.555. The molecule has 3 heteroatoms. The Bertz CT molecular complexity index is 425. The molecule has 2 aromatic rings. The summed E-state index contributed by atoms with van der Waals surface area (Å²) in [6, 6.07) is 14.4. The summed E-state index contributed by atoms with van der Waals surface area (Å²) in [6.07, 6.45) is 1.85. The Morgan fingerprint density at radius 1 is 1.06 bits per heavy atom. The van der Waals surface area contributed by atoms with Gasteiger partial charge in [0.1, 0.15) is 0 Å². The van der Waals surface area contributed by atoms with E-state index in [1.165, 1.54) is 4.90 Å². The highest BCUT2D eigenvalue weighted by Crippen LogP contribution is 2.21. The molecule has 82 valence electrons. The van der Waals surface area contributed by atoms with Crippen LogP contribution >= 0.6 is 11.8 Å². The van der Waals surface area contributed by atoms with Gasteiger partial charge < -0.3 is 5.73 Å². The third-order valence-corrected chi connectivity index (χ3v) is 3.30. The van der Waals surface area contributed by atoms with Crippen molar-refractivity contribution in [3.63, 3.8) is 0 Å². The van der Waals surface area contributed by atoms with Gasteiger partial charge in [-0.3, -0.25) is 4.98 Å². The normalized spacial score (nSPS) is 10.3. The Balaban J connectivity index is 1.94. The van der Waals surface area contributed by atoms with Crippen LogP contribution < -0.4 is 5.73 Å². The molecule has 0 aliphatic heterocycles. The molecule has 0 atom stereocenters. The largest absolute Gasteiger partial charge is 0.326 e. The molecule has 0 fully saturated rings. The first kappa shape index (κ1) is 11.2. The number of pyridine rings is 1. The molecule has 0 unspecified atom stereocenters. The third-order valence-electron chi connectivity index (χ3n) is 2.25. The molecule has 0 saturated carbocycles. The first-order chi connectivity index (χ1) is 7.88. The van der Waals surface area contributed by atoms with Crippen molar-refractivity contribution in [2.75, 3.05) is 0 Å². The lowest BCUT2D eigenvalue weighted by Crippen LogP contribution is -1.97. The van der Waals surface area contributed by atoms with Gasteiger partial charge in [-0.05, 0) is 23.8 Å². The summed E-state index contributed by atoms with van der Waals surface area (Å²) in [7, 11) is 0. The standard InChI is InChI=1S/C13H14N2S/c14-8-11-6-7-12(15-9-11)10-16-13-4-2-1-3-5-13/h1-7,9H,8,10,14H2. The Labute approximate surface area is 99.9 Å². The van der Waals surface area contributed by atoms with Crippen molar-refractivity contribution in [1.82, 2.24) is 4.98 Å². The topological polar surface area (TPSA) is 38.9 Å². The quantitative estimate of drug-likeness (QED) is 0.821. The molecular weight excluding hydrogens is 216 g/mol. The van der Waals surface area contributed by atoms with E-state index in [0.717, 1.165) is 17.0 Å². The fourth-order valence-electron chi connectivity index (χ4n) is 1.34. The van der Waals surface area contributed by atoms with Gasteiger partial charge in [0.25, 0.3) is 0 Å². The molecule has 0 radical (unpaired) electrons. The van der Waals surface area contributed by atoms with Crippen molar-refractivity contribution in [2.45, 2.75) is 17.2 Å². The number of thioether (sulfide) groups is 1. The maximum absolute atomic E-state index is 5.52. The third kappa shape index (κ3) is 3.08. The lowest BCUT2D eigenvalue weighted by atomic mass is 10.2. The predicted molar refractivity (Wildman–Crippen MR) is 68.1 cm³/mol. The number of nitrogens with zero attached hydrogens (tertiary/aromatic N) is 1. The zero-order valence-corrected chi connectivity index (χ0v) is 9.78. The first-order valence-electron chi connectivity index (χ1n) is 5.20. The Morgan fingerprint density at radius 2 is 1.88 bits per heavy atom. The van der Waals surface area contributed by atoms with Crippen LogP contribution in [0.25, 0.3) is 0 Å². The van der Waals surface area contributed by atoms with Crippen LogP contribution in [-0.4, -0.2) is 4.98 Å². The van der Waals surface area contributed by atoms with Crippen molar-refractivity contribution in [2.24, 2.45) is 5.73 Å². The van der Waals surface area contributed by atoms with Crippen molar-refractivity contribution in [3.8, 4) is 0 Å². The molecule has 1 aromatic heterocycles. The smallest absolute Gasteiger partial charge is 0.0506 e. The SMILES string of the molecule is NCc1ccc(CSc2ccccc2)nc1.